The molecule has 3 aromatic rings. The van der Waals surface area contributed by atoms with E-state index in [4.69, 9.17) is 0 Å². The van der Waals surface area contributed by atoms with Gasteiger partial charge in [-0.3, -0.25) is 4.98 Å². The van der Waals surface area contributed by atoms with E-state index >= 15 is 0 Å². The standard InChI is InChI=1S/C25H27N3O2/c1-16(2)19-5-3-4-6-20(19)17-7-8-21-18(13-17)9-12-27-24(21)15-28-23-14-26-11-10-22(23)25(29)30/h3-8,10-11,13-14,16,24,27-28H,9,12,15H2,1-2H3,(H,29,30)/t24-/m0/s1. The van der Waals surface area contributed by atoms with Crippen LogP contribution in [-0.4, -0.2) is 29.1 Å². The van der Waals surface area contributed by atoms with Crippen LogP contribution in [0.5, 0.6) is 0 Å². The van der Waals surface area contributed by atoms with Gasteiger partial charge in [0.1, 0.15) is 0 Å². The number of carbonyl (C=O) groups is 1. The van der Waals surface area contributed by atoms with Crippen LogP contribution in [-0.2, 0) is 6.42 Å². The molecule has 1 atom stereocenters. The second-order valence-electron chi connectivity index (χ2n) is 8.02. The zero-order valence-corrected chi connectivity index (χ0v) is 17.4. The molecule has 5 heteroatoms. The number of nitrogens with one attached hydrogen (secondary N) is 2. The Balaban J connectivity index is 1.58. The Bertz CT molecular complexity index is 1060. The van der Waals surface area contributed by atoms with Gasteiger partial charge in [0, 0.05) is 18.8 Å². The maximum absolute atomic E-state index is 11.4. The number of aromatic nitrogens is 1. The highest BCUT2D eigenvalue weighted by molar-refractivity contribution is 5.93. The lowest BCUT2D eigenvalue weighted by molar-refractivity contribution is 0.0697. The molecule has 0 bridgehead atoms. The molecule has 1 aliphatic heterocycles. The Labute approximate surface area is 177 Å². The molecule has 3 N–H and O–H groups in total. The molecule has 5 nitrogen and oxygen atoms in total. The number of aromatic carboxylic acids is 1. The van der Waals surface area contributed by atoms with Crippen LogP contribution in [0.3, 0.4) is 0 Å². The van der Waals surface area contributed by atoms with E-state index in [0.29, 0.717) is 18.2 Å². The Morgan fingerprint density at radius 2 is 2.07 bits per heavy atom. The number of hydrogen-bond donors (Lipinski definition) is 3. The predicted octanol–water partition coefficient (Wildman–Crippen LogP) is 4.87. The molecular weight excluding hydrogens is 374 g/mol. The van der Waals surface area contributed by atoms with Gasteiger partial charge < -0.3 is 15.7 Å². The highest BCUT2D eigenvalue weighted by Crippen LogP contribution is 2.33. The maximum Gasteiger partial charge on any atom is 0.337 e. The molecule has 154 valence electrons. The van der Waals surface area contributed by atoms with Crippen molar-refractivity contribution in [2.45, 2.75) is 32.2 Å². The largest absolute Gasteiger partial charge is 0.478 e. The summed E-state index contributed by atoms with van der Waals surface area (Å²) in [5, 5.41) is 16.2. The summed E-state index contributed by atoms with van der Waals surface area (Å²) in [6.07, 6.45) is 4.05. The summed E-state index contributed by atoms with van der Waals surface area (Å²) in [6.45, 7) is 5.95. The van der Waals surface area contributed by atoms with Crippen LogP contribution >= 0.6 is 0 Å². The monoisotopic (exact) mass is 401 g/mol. The number of anilines is 1. The average molecular weight is 402 g/mol. The first kappa shape index (κ1) is 20.1. The lowest BCUT2D eigenvalue weighted by atomic mass is 9.87. The first-order valence-corrected chi connectivity index (χ1v) is 10.4. The number of fused-ring (bicyclic) bond motifs is 1. The molecular formula is C25H27N3O2. The van der Waals surface area contributed by atoms with Gasteiger partial charge in [0.05, 0.1) is 17.4 Å². The number of pyridine rings is 1. The Hall–Kier alpha value is -3.18. The number of rotatable bonds is 6. The number of hydrogen-bond acceptors (Lipinski definition) is 4. The van der Waals surface area contributed by atoms with Gasteiger partial charge in [-0.2, -0.15) is 0 Å². The molecule has 0 spiro atoms. The molecule has 4 rings (SSSR count). The quantitative estimate of drug-likeness (QED) is 0.550. The fourth-order valence-corrected chi connectivity index (χ4v) is 4.20. The third kappa shape index (κ3) is 4.07. The van der Waals surface area contributed by atoms with Crippen LogP contribution in [0.2, 0.25) is 0 Å². The summed E-state index contributed by atoms with van der Waals surface area (Å²) in [5.74, 6) is -0.482. The van der Waals surface area contributed by atoms with Gasteiger partial charge in [-0.25, -0.2) is 4.79 Å². The van der Waals surface area contributed by atoms with Crippen molar-refractivity contribution in [3.05, 3.63) is 83.2 Å². The van der Waals surface area contributed by atoms with E-state index in [1.807, 2.05) is 0 Å². The fourth-order valence-electron chi connectivity index (χ4n) is 4.20. The molecule has 2 aromatic carbocycles. The van der Waals surface area contributed by atoms with Gasteiger partial charge in [0.25, 0.3) is 0 Å². The summed E-state index contributed by atoms with van der Waals surface area (Å²) in [5.41, 5.74) is 7.31. The first-order chi connectivity index (χ1) is 14.5. The van der Waals surface area contributed by atoms with Crippen molar-refractivity contribution in [3.8, 4) is 11.1 Å². The van der Waals surface area contributed by atoms with Crippen LogP contribution in [0, 0.1) is 0 Å². The van der Waals surface area contributed by atoms with Gasteiger partial charge >= 0.3 is 5.97 Å². The number of benzene rings is 2. The summed E-state index contributed by atoms with van der Waals surface area (Å²) in [4.78, 5) is 15.5. The zero-order valence-electron chi connectivity index (χ0n) is 17.4. The minimum Gasteiger partial charge on any atom is -0.478 e. The lowest BCUT2D eigenvalue weighted by Crippen LogP contribution is -2.34. The summed E-state index contributed by atoms with van der Waals surface area (Å²) in [7, 11) is 0. The minimum atomic E-state index is -0.953. The van der Waals surface area contributed by atoms with Crippen LogP contribution in [0.4, 0.5) is 5.69 Å². The molecule has 1 aromatic heterocycles. The molecule has 0 radical (unpaired) electrons. The van der Waals surface area contributed by atoms with Crippen molar-refractivity contribution >= 4 is 11.7 Å². The number of carboxylic acid groups (broad SMARTS) is 1. The summed E-state index contributed by atoms with van der Waals surface area (Å²) in [6, 6.07) is 17.0. The Morgan fingerprint density at radius 1 is 1.23 bits per heavy atom. The first-order valence-electron chi connectivity index (χ1n) is 10.4. The molecule has 0 unspecified atom stereocenters. The van der Waals surface area contributed by atoms with Crippen LogP contribution < -0.4 is 10.6 Å². The third-order valence-corrected chi connectivity index (χ3v) is 5.75. The van der Waals surface area contributed by atoms with Crippen molar-refractivity contribution in [2.24, 2.45) is 0 Å². The lowest BCUT2D eigenvalue weighted by Gasteiger charge is -2.28. The van der Waals surface area contributed by atoms with E-state index < -0.39 is 5.97 Å². The van der Waals surface area contributed by atoms with Gasteiger partial charge in [-0.15, -0.1) is 0 Å². The second kappa shape index (κ2) is 8.67. The molecule has 0 amide bonds. The molecule has 1 aliphatic rings. The SMILES string of the molecule is CC(C)c1ccccc1-c1ccc2c(c1)CCN[C@H]2CNc1cnccc1C(=O)O. The van der Waals surface area contributed by atoms with Crippen LogP contribution in [0.1, 0.15) is 52.9 Å². The van der Waals surface area contributed by atoms with Crippen molar-refractivity contribution in [3.63, 3.8) is 0 Å². The fraction of sp³-hybridized carbons (Fsp3) is 0.280. The highest BCUT2D eigenvalue weighted by Gasteiger charge is 2.21. The minimum absolute atomic E-state index is 0.116. The molecule has 0 aliphatic carbocycles. The molecule has 0 fully saturated rings. The van der Waals surface area contributed by atoms with Gasteiger partial charge in [-0.05, 0) is 52.8 Å². The number of carboxylic acids is 1. The van der Waals surface area contributed by atoms with Crippen LogP contribution in [0.15, 0.2) is 60.9 Å². The van der Waals surface area contributed by atoms with E-state index in [-0.39, 0.29) is 11.6 Å². The Morgan fingerprint density at radius 3 is 2.87 bits per heavy atom. The van der Waals surface area contributed by atoms with Crippen molar-refractivity contribution < 1.29 is 9.90 Å². The predicted molar refractivity (Wildman–Crippen MR) is 120 cm³/mol. The van der Waals surface area contributed by atoms with Crippen LogP contribution in [0.25, 0.3) is 11.1 Å². The smallest absolute Gasteiger partial charge is 0.337 e. The highest BCUT2D eigenvalue weighted by atomic mass is 16.4. The topological polar surface area (TPSA) is 74.2 Å². The maximum atomic E-state index is 11.4. The molecule has 0 saturated carbocycles. The van der Waals surface area contributed by atoms with Crippen molar-refractivity contribution in [1.82, 2.24) is 10.3 Å². The van der Waals surface area contributed by atoms with Gasteiger partial charge in [0.15, 0.2) is 0 Å². The van der Waals surface area contributed by atoms with Gasteiger partial charge in [0.2, 0.25) is 0 Å². The van der Waals surface area contributed by atoms with Gasteiger partial charge in [-0.1, -0.05) is 56.3 Å². The van der Waals surface area contributed by atoms with E-state index in [9.17, 15) is 9.90 Å². The van der Waals surface area contributed by atoms with E-state index in [1.165, 1.54) is 40.1 Å². The average Bonchev–Trinajstić information content (AvgIpc) is 2.77. The van der Waals surface area contributed by atoms with Crippen molar-refractivity contribution in [1.29, 1.82) is 0 Å². The number of nitrogens with zero attached hydrogens (tertiary/aromatic N) is 1. The van der Waals surface area contributed by atoms with E-state index in [1.54, 1.807) is 6.20 Å². The van der Waals surface area contributed by atoms with E-state index in [2.05, 4.69) is 71.9 Å². The summed E-state index contributed by atoms with van der Waals surface area (Å²) >= 11 is 0. The second-order valence-corrected chi connectivity index (χ2v) is 8.02. The zero-order chi connectivity index (χ0) is 21.1. The van der Waals surface area contributed by atoms with Crippen molar-refractivity contribution in [2.75, 3.05) is 18.4 Å². The molecule has 30 heavy (non-hydrogen) atoms. The van der Waals surface area contributed by atoms with E-state index in [0.717, 1.165) is 13.0 Å². The summed E-state index contributed by atoms with van der Waals surface area (Å²) < 4.78 is 0. The molecule has 0 saturated heterocycles. The molecule has 2 heterocycles. The third-order valence-electron chi connectivity index (χ3n) is 5.75. The normalized spacial score (nSPS) is 15.6. The Kier molecular flexibility index (Phi) is 5.81.